The van der Waals surface area contributed by atoms with Crippen LogP contribution >= 0.6 is 11.8 Å². The molecule has 0 aliphatic heterocycles. The second-order valence-electron chi connectivity index (χ2n) is 4.47. The molecule has 0 saturated carbocycles. The summed E-state index contributed by atoms with van der Waals surface area (Å²) in [7, 11) is 0. The highest BCUT2D eigenvalue weighted by molar-refractivity contribution is 7.98. The monoisotopic (exact) mass is 310 g/mol. The number of carbonyl (C=O) groups excluding carboxylic acids is 1. The lowest BCUT2D eigenvalue weighted by atomic mass is 10.3. The predicted molar refractivity (Wildman–Crippen MR) is 87.5 cm³/mol. The van der Waals surface area contributed by atoms with Crippen LogP contribution in [0.25, 0.3) is 5.69 Å². The van der Waals surface area contributed by atoms with Crippen molar-refractivity contribution in [2.24, 2.45) is 0 Å². The fourth-order valence-corrected chi connectivity index (χ4v) is 2.63. The minimum absolute atomic E-state index is 0.240. The number of thioether (sulfide) groups is 1. The first-order valence-electron chi connectivity index (χ1n) is 6.69. The van der Waals surface area contributed by atoms with E-state index in [2.05, 4.69) is 15.3 Å². The Morgan fingerprint density at radius 3 is 2.55 bits per heavy atom. The molecule has 3 aromatic rings. The maximum absolute atomic E-state index is 12.5. The standard InChI is InChI=1S/C16H14N4OS/c1-22-16-18-11-13(20(16)12-7-3-2-4-8-12)15(21)19-14-9-5-6-10-17-14/h2-11H,1H3,(H,17,19,21). The van der Waals surface area contributed by atoms with Gasteiger partial charge in [0.15, 0.2) is 5.16 Å². The largest absolute Gasteiger partial charge is 0.305 e. The maximum Gasteiger partial charge on any atom is 0.275 e. The zero-order valence-corrected chi connectivity index (χ0v) is 12.7. The van der Waals surface area contributed by atoms with E-state index in [1.54, 1.807) is 24.5 Å². The van der Waals surface area contributed by atoms with Crippen LogP contribution in [-0.4, -0.2) is 26.7 Å². The molecule has 0 spiro atoms. The van der Waals surface area contributed by atoms with Gasteiger partial charge in [0.25, 0.3) is 5.91 Å². The summed E-state index contributed by atoms with van der Waals surface area (Å²) in [6, 6.07) is 15.1. The molecule has 0 fully saturated rings. The van der Waals surface area contributed by atoms with E-state index in [4.69, 9.17) is 0 Å². The number of hydrogen-bond donors (Lipinski definition) is 1. The van der Waals surface area contributed by atoms with Crippen molar-refractivity contribution in [3.05, 3.63) is 66.6 Å². The molecule has 5 nitrogen and oxygen atoms in total. The van der Waals surface area contributed by atoms with E-state index in [0.29, 0.717) is 11.5 Å². The molecular weight excluding hydrogens is 296 g/mol. The van der Waals surface area contributed by atoms with E-state index in [-0.39, 0.29) is 5.91 Å². The van der Waals surface area contributed by atoms with Gasteiger partial charge in [-0.15, -0.1) is 0 Å². The number of anilines is 1. The van der Waals surface area contributed by atoms with Crippen LogP contribution in [-0.2, 0) is 0 Å². The van der Waals surface area contributed by atoms with Gasteiger partial charge in [0, 0.05) is 11.9 Å². The summed E-state index contributed by atoms with van der Waals surface area (Å²) in [6.45, 7) is 0. The molecule has 110 valence electrons. The average Bonchev–Trinajstić information content (AvgIpc) is 3.00. The highest BCUT2D eigenvalue weighted by atomic mass is 32.2. The Labute approximate surface area is 132 Å². The minimum atomic E-state index is -0.240. The number of benzene rings is 1. The first-order valence-corrected chi connectivity index (χ1v) is 7.91. The minimum Gasteiger partial charge on any atom is -0.305 e. The van der Waals surface area contributed by atoms with E-state index in [1.165, 1.54) is 11.8 Å². The van der Waals surface area contributed by atoms with E-state index < -0.39 is 0 Å². The Morgan fingerprint density at radius 2 is 1.86 bits per heavy atom. The molecule has 0 radical (unpaired) electrons. The molecule has 3 rings (SSSR count). The summed E-state index contributed by atoms with van der Waals surface area (Å²) in [4.78, 5) is 20.9. The third-order valence-electron chi connectivity index (χ3n) is 3.07. The smallest absolute Gasteiger partial charge is 0.275 e. The van der Waals surface area contributed by atoms with Gasteiger partial charge < -0.3 is 5.32 Å². The highest BCUT2D eigenvalue weighted by Gasteiger charge is 2.17. The van der Waals surface area contributed by atoms with Crippen molar-refractivity contribution in [2.75, 3.05) is 11.6 Å². The van der Waals surface area contributed by atoms with Crippen LogP contribution in [0.1, 0.15) is 10.5 Å². The average molecular weight is 310 g/mol. The highest BCUT2D eigenvalue weighted by Crippen LogP contribution is 2.22. The van der Waals surface area contributed by atoms with E-state index in [9.17, 15) is 4.79 Å². The van der Waals surface area contributed by atoms with Crippen LogP contribution in [0.4, 0.5) is 5.82 Å². The van der Waals surface area contributed by atoms with Gasteiger partial charge in [-0.3, -0.25) is 9.36 Å². The molecule has 22 heavy (non-hydrogen) atoms. The van der Waals surface area contributed by atoms with E-state index in [1.807, 2.05) is 47.2 Å². The van der Waals surface area contributed by atoms with E-state index in [0.717, 1.165) is 10.8 Å². The Kier molecular flexibility index (Phi) is 4.20. The topological polar surface area (TPSA) is 59.8 Å². The molecule has 0 atom stereocenters. The lowest BCUT2D eigenvalue weighted by molar-refractivity contribution is 0.101. The van der Waals surface area contributed by atoms with Crippen molar-refractivity contribution >= 4 is 23.5 Å². The normalized spacial score (nSPS) is 10.4. The van der Waals surface area contributed by atoms with Crippen molar-refractivity contribution in [1.82, 2.24) is 14.5 Å². The fraction of sp³-hybridized carbons (Fsp3) is 0.0625. The molecule has 2 aromatic heterocycles. The SMILES string of the molecule is CSc1ncc(C(=O)Nc2ccccn2)n1-c1ccccc1. The van der Waals surface area contributed by atoms with Crippen molar-refractivity contribution in [3.8, 4) is 5.69 Å². The van der Waals surface area contributed by atoms with Crippen LogP contribution in [0.5, 0.6) is 0 Å². The number of pyridine rings is 1. The molecule has 1 amide bonds. The van der Waals surface area contributed by atoms with Crippen molar-refractivity contribution in [1.29, 1.82) is 0 Å². The number of nitrogens with zero attached hydrogens (tertiary/aromatic N) is 3. The molecule has 0 bridgehead atoms. The summed E-state index contributed by atoms with van der Waals surface area (Å²) in [5.74, 6) is 0.273. The number of aromatic nitrogens is 3. The van der Waals surface area contributed by atoms with E-state index >= 15 is 0 Å². The predicted octanol–water partition coefficient (Wildman–Crippen LogP) is 3.24. The van der Waals surface area contributed by atoms with Crippen molar-refractivity contribution in [2.45, 2.75) is 5.16 Å². The number of rotatable bonds is 4. The summed E-state index contributed by atoms with van der Waals surface area (Å²) in [5.41, 5.74) is 1.37. The molecular formula is C16H14N4OS. The summed E-state index contributed by atoms with van der Waals surface area (Å²) >= 11 is 1.49. The van der Waals surface area contributed by atoms with Gasteiger partial charge in [0.1, 0.15) is 11.5 Å². The number of carbonyl (C=O) groups is 1. The van der Waals surface area contributed by atoms with Gasteiger partial charge >= 0.3 is 0 Å². The Bertz CT molecular complexity index is 771. The molecule has 0 aliphatic rings. The van der Waals surface area contributed by atoms with Gasteiger partial charge in [0.05, 0.1) is 6.20 Å². The number of amides is 1. The Hall–Kier alpha value is -2.60. The Balaban J connectivity index is 1.97. The van der Waals surface area contributed by atoms with Crippen molar-refractivity contribution in [3.63, 3.8) is 0 Å². The quantitative estimate of drug-likeness (QED) is 0.752. The third kappa shape index (κ3) is 2.87. The summed E-state index contributed by atoms with van der Waals surface area (Å²) in [6.07, 6.45) is 5.15. The Morgan fingerprint density at radius 1 is 1.09 bits per heavy atom. The molecule has 2 heterocycles. The molecule has 1 N–H and O–H groups in total. The number of nitrogens with one attached hydrogen (secondary N) is 1. The van der Waals surface area contributed by atoms with Gasteiger partial charge in [-0.2, -0.15) is 0 Å². The summed E-state index contributed by atoms with van der Waals surface area (Å²) in [5, 5.41) is 3.55. The fourth-order valence-electron chi connectivity index (χ4n) is 2.08. The van der Waals surface area contributed by atoms with Crippen molar-refractivity contribution < 1.29 is 4.79 Å². The molecule has 0 saturated heterocycles. The second-order valence-corrected chi connectivity index (χ2v) is 5.24. The number of hydrogen-bond acceptors (Lipinski definition) is 4. The lowest BCUT2D eigenvalue weighted by Crippen LogP contribution is -2.17. The van der Waals surface area contributed by atoms with Gasteiger partial charge in [-0.25, -0.2) is 9.97 Å². The van der Waals surface area contributed by atoms with Crippen LogP contribution in [0.3, 0.4) is 0 Å². The second kappa shape index (κ2) is 6.44. The van der Waals surface area contributed by atoms with Crippen LogP contribution in [0, 0.1) is 0 Å². The van der Waals surface area contributed by atoms with Crippen LogP contribution < -0.4 is 5.32 Å². The van der Waals surface area contributed by atoms with Gasteiger partial charge in [0.2, 0.25) is 0 Å². The molecule has 0 unspecified atom stereocenters. The lowest BCUT2D eigenvalue weighted by Gasteiger charge is -2.10. The molecule has 1 aromatic carbocycles. The molecule has 0 aliphatic carbocycles. The zero-order chi connectivity index (χ0) is 15.4. The first kappa shape index (κ1) is 14.3. The molecule has 6 heteroatoms. The first-order chi connectivity index (χ1) is 10.8. The maximum atomic E-state index is 12.5. The number of imidazole rings is 1. The number of para-hydroxylation sites is 1. The summed E-state index contributed by atoms with van der Waals surface area (Å²) < 4.78 is 1.84. The van der Waals surface area contributed by atoms with Crippen LogP contribution in [0.15, 0.2) is 66.1 Å². The van der Waals surface area contributed by atoms with Crippen LogP contribution in [0.2, 0.25) is 0 Å². The zero-order valence-electron chi connectivity index (χ0n) is 11.9. The van der Waals surface area contributed by atoms with Gasteiger partial charge in [-0.1, -0.05) is 36.0 Å². The third-order valence-corrected chi connectivity index (χ3v) is 3.72. The van der Waals surface area contributed by atoms with Gasteiger partial charge in [-0.05, 0) is 30.5 Å².